The van der Waals surface area contributed by atoms with Crippen LogP contribution < -0.4 is 0 Å². The van der Waals surface area contributed by atoms with E-state index in [0.717, 1.165) is 18.8 Å². The van der Waals surface area contributed by atoms with Gasteiger partial charge in [-0.1, -0.05) is 24.6 Å². The SMILES string of the molecule is CCCn1ccnc1CC(O)c1ccc(F)c(Cl)c1. The molecule has 1 N–H and O–H groups in total. The van der Waals surface area contributed by atoms with Gasteiger partial charge in [-0.05, 0) is 24.1 Å². The Hall–Kier alpha value is -1.39. The summed E-state index contributed by atoms with van der Waals surface area (Å²) in [4.78, 5) is 4.24. The lowest BCUT2D eigenvalue weighted by Crippen LogP contribution is -2.09. The van der Waals surface area contributed by atoms with Crippen molar-refractivity contribution < 1.29 is 9.50 Å². The van der Waals surface area contributed by atoms with Gasteiger partial charge in [0.2, 0.25) is 0 Å². The first-order valence-electron chi connectivity index (χ1n) is 6.24. The Morgan fingerprint density at radius 2 is 2.26 bits per heavy atom. The molecule has 102 valence electrons. The molecule has 1 aromatic carbocycles. The fraction of sp³-hybridized carbons (Fsp3) is 0.357. The lowest BCUT2D eigenvalue weighted by atomic mass is 10.1. The highest BCUT2D eigenvalue weighted by Crippen LogP contribution is 2.23. The Balaban J connectivity index is 2.13. The number of nitrogens with zero attached hydrogens (tertiary/aromatic N) is 2. The smallest absolute Gasteiger partial charge is 0.141 e. The predicted octanol–water partition coefficient (Wildman–Crippen LogP) is 3.36. The zero-order chi connectivity index (χ0) is 13.8. The van der Waals surface area contributed by atoms with Gasteiger partial charge in [-0.2, -0.15) is 0 Å². The highest BCUT2D eigenvalue weighted by molar-refractivity contribution is 6.30. The molecule has 0 radical (unpaired) electrons. The molecule has 2 rings (SSSR count). The van der Waals surface area contributed by atoms with Crippen LogP contribution in [0, 0.1) is 5.82 Å². The third-order valence-electron chi connectivity index (χ3n) is 2.97. The van der Waals surface area contributed by atoms with E-state index in [9.17, 15) is 9.50 Å². The maximum Gasteiger partial charge on any atom is 0.141 e. The van der Waals surface area contributed by atoms with Gasteiger partial charge in [0.05, 0.1) is 11.1 Å². The molecule has 2 aromatic rings. The Bertz CT molecular complexity index is 556. The molecule has 0 aliphatic rings. The number of hydrogen-bond acceptors (Lipinski definition) is 2. The minimum Gasteiger partial charge on any atom is -0.388 e. The second-order valence-electron chi connectivity index (χ2n) is 4.43. The number of rotatable bonds is 5. The van der Waals surface area contributed by atoms with Crippen LogP contribution in [0.2, 0.25) is 5.02 Å². The van der Waals surface area contributed by atoms with Gasteiger partial charge in [0, 0.05) is 25.4 Å². The topological polar surface area (TPSA) is 38.0 Å². The lowest BCUT2D eigenvalue weighted by molar-refractivity contribution is 0.174. The number of aryl methyl sites for hydroxylation is 1. The highest BCUT2D eigenvalue weighted by atomic mass is 35.5. The molecule has 0 saturated carbocycles. The standard InChI is InChI=1S/C14H16ClFN2O/c1-2-6-18-7-5-17-14(18)9-13(19)10-3-4-12(16)11(15)8-10/h3-5,7-8,13,19H,2,6,9H2,1H3. The minimum absolute atomic E-state index is 0.0217. The molecule has 0 saturated heterocycles. The average Bonchev–Trinajstić information content (AvgIpc) is 2.80. The first-order chi connectivity index (χ1) is 9.11. The van der Waals surface area contributed by atoms with Gasteiger partial charge in [0.1, 0.15) is 11.6 Å². The molecule has 1 unspecified atom stereocenters. The summed E-state index contributed by atoms with van der Waals surface area (Å²) in [7, 11) is 0. The summed E-state index contributed by atoms with van der Waals surface area (Å²) in [6, 6.07) is 4.26. The van der Waals surface area contributed by atoms with E-state index in [4.69, 9.17) is 11.6 Å². The number of aliphatic hydroxyl groups is 1. The van der Waals surface area contributed by atoms with E-state index >= 15 is 0 Å². The number of aromatic nitrogens is 2. The van der Waals surface area contributed by atoms with Gasteiger partial charge in [0.25, 0.3) is 0 Å². The summed E-state index contributed by atoms with van der Waals surface area (Å²) in [6.45, 7) is 2.95. The fourth-order valence-corrected chi connectivity index (χ4v) is 2.17. The molecule has 5 heteroatoms. The van der Waals surface area contributed by atoms with Crippen LogP contribution in [-0.4, -0.2) is 14.7 Å². The van der Waals surface area contributed by atoms with Gasteiger partial charge >= 0.3 is 0 Å². The van der Waals surface area contributed by atoms with Crippen molar-refractivity contribution in [2.45, 2.75) is 32.4 Å². The minimum atomic E-state index is -0.740. The zero-order valence-corrected chi connectivity index (χ0v) is 11.4. The largest absolute Gasteiger partial charge is 0.388 e. The van der Waals surface area contributed by atoms with Crippen molar-refractivity contribution >= 4 is 11.6 Å². The van der Waals surface area contributed by atoms with E-state index in [2.05, 4.69) is 11.9 Å². The molecule has 0 bridgehead atoms. The van der Waals surface area contributed by atoms with E-state index in [1.54, 1.807) is 12.3 Å². The third-order valence-corrected chi connectivity index (χ3v) is 3.26. The monoisotopic (exact) mass is 282 g/mol. The number of aliphatic hydroxyl groups excluding tert-OH is 1. The number of halogens is 2. The molecule has 1 aromatic heterocycles. The van der Waals surface area contributed by atoms with Crippen LogP contribution in [0.3, 0.4) is 0 Å². The Morgan fingerprint density at radius 3 is 2.95 bits per heavy atom. The average molecular weight is 283 g/mol. The molecule has 0 aliphatic carbocycles. The van der Waals surface area contributed by atoms with Crippen molar-refractivity contribution in [1.29, 1.82) is 0 Å². The van der Waals surface area contributed by atoms with E-state index in [-0.39, 0.29) is 5.02 Å². The molecule has 0 spiro atoms. The summed E-state index contributed by atoms with van der Waals surface area (Å²) < 4.78 is 15.1. The van der Waals surface area contributed by atoms with Crippen molar-refractivity contribution in [3.8, 4) is 0 Å². The predicted molar refractivity (Wildman–Crippen MR) is 72.6 cm³/mol. The molecular weight excluding hydrogens is 267 g/mol. The van der Waals surface area contributed by atoms with Crippen molar-refractivity contribution in [3.63, 3.8) is 0 Å². The van der Waals surface area contributed by atoms with Crippen LogP contribution in [-0.2, 0) is 13.0 Å². The quantitative estimate of drug-likeness (QED) is 0.913. The number of benzene rings is 1. The van der Waals surface area contributed by atoms with Crippen LogP contribution in [0.1, 0.15) is 30.8 Å². The zero-order valence-electron chi connectivity index (χ0n) is 10.7. The van der Waals surface area contributed by atoms with Crippen LogP contribution in [0.25, 0.3) is 0 Å². The first kappa shape index (κ1) is 14.0. The summed E-state index contributed by atoms with van der Waals surface area (Å²) in [5.74, 6) is 0.333. The van der Waals surface area contributed by atoms with Crippen molar-refractivity contribution in [2.75, 3.05) is 0 Å². The number of hydrogen-bond donors (Lipinski definition) is 1. The number of imidazole rings is 1. The van der Waals surface area contributed by atoms with Gasteiger partial charge in [-0.3, -0.25) is 0 Å². The summed E-state index contributed by atoms with van der Waals surface area (Å²) in [5, 5.41) is 10.2. The maximum absolute atomic E-state index is 13.1. The van der Waals surface area contributed by atoms with E-state index in [1.165, 1.54) is 12.1 Å². The first-order valence-corrected chi connectivity index (χ1v) is 6.62. The van der Waals surface area contributed by atoms with E-state index in [0.29, 0.717) is 12.0 Å². The Labute approximate surface area is 116 Å². The summed E-state index contributed by atoms with van der Waals surface area (Å²) in [5.41, 5.74) is 0.595. The normalized spacial score (nSPS) is 12.6. The van der Waals surface area contributed by atoms with Crippen LogP contribution in [0.5, 0.6) is 0 Å². The molecular formula is C14H16ClFN2O. The molecule has 19 heavy (non-hydrogen) atoms. The van der Waals surface area contributed by atoms with Crippen molar-refractivity contribution in [2.24, 2.45) is 0 Å². The fourth-order valence-electron chi connectivity index (χ4n) is 1.98. The van der Waals surface area contributed by atoms with Crippen LogP contribution in [0.4, 0.5) is 4.39 Å². The van der Waals surface area contributed by atoms with Crippen LogP contribution in [0.15, 0.2) is 30.6 Å². The van der Waals surface area contributed by atoms with Gasteiger partial charge in [-0.15, -0.1) is 0 Å². The second-order valence-corrected chi connectivity index (χ2v) is 4.84. The molecule has 1 heterocycles. The lowest BCUT2D eigenvalue weighted by Gasteiger charge is -2.12. The van der Waals surface area contributed by atoms with Gasteiger partial charge in [-0.25, -0.2) is 9.37 Å². The maximum atomic E-state index is 13.1. The van der Waals surface area contributed by atoms with E-state index in [1.807, 2.05) is 10.8 Å². The van der Waals surface area contributed by atoms with Crippen molar-refractivity contribution in [1.82, 2.24) is 9.55 Å². The van der Waals surface area contributed by atoms with Gasteiger partial charge in [0.15, 0.2) is 0 Å². The molecule has 1 atom stereocenters. The van der Waals surface area contributed by atoms with Gasteiger partial charge < -0.3 is 9.67 Å². The molecule has 0 aliphatic heterocycles. The van der Waals surface area contributed by atoms with E-state index < -0.39 is 11.9 Å². The third kappa shape index (κ3) is 3.33. The van der Waals surface area contributed by atoms with Crippen molar-refractivity contribution in [3.05, 3.63) is 52.8 Å². The molecule has 0 fully saturated rings. The second kappa shape index (κ2) is 6.17. The highest BCUT2D eigenvalue weighted by Gasteiger charge is 2.13. The molecule has 3 nitrogen and oxygen atoms in total. The summed E-state index contributed by atoms with van der Waals surface area (Å²) >= 11 is 5.71. The van der Waals surface area contributed by atoms with Crippen LogP contribution >= 0.6 is 11.6 Å². The molecule has 0 amide bonds. The Morgan fingerprint density at radius 1 is 1.47 bits per heavy atom. The Kier molecular flexibility index (Phi) is 4.56. The summed E-state index contributed by atoms with van der Waals surface area (Å²) in [6.07, 6.45) is 4.26.